The molecule has 1 saturated carbocycles. The Balaban J connectivity index is 2.11. The average Bonchev–Trinajstić information content (AvgIpc) is 3.21. The largest absolute Gasteiger partial charge is 0.345 e. The second kappa shape index (κ2) is 6.00. The van der Waals surface area contributed by atoms with Gasteiger partial charge in [0.2, 0.25) is 5.91 Å². The van der Waals surface area contributed by atoms with Crippen LogP contribution in [0.25, 0.3) is 0 Å². The molecule has 1 fully saturated rings. The lowest BCUT2D eigenvalue weighted by Crippen LogP contribution is -2.30. The first-order valence-corrected chi connectivity index (χ1v) is 6.85. The highest BCUT2D eigenvalue weighted by Crippen LogP contribution is 2.41. The normalized spacial score (nSPS) is 17.1. The van der Waals surface area contributed by atoms with Crippen LogP contribution in [0.1, 0.15) is 44.7 Å². The first-order chi connectivity index (χ1) is 9.11. The minimum Gasteiger partial charge on any atom is -0.345 e. The molecule has 3 heteroatoms. The molecule has 0 aromatic heterocycles. The molecule has 1 atom stereocenters. The molecule has 1 aromatic rings. The van der Waals surface area contributed by atoms with Crippen molar-refractivity contribution in [3.8, 4) is 0 Å². The molecule has 0 saturated heterocycles. The second-order valence-corrected chi connectivity index (χ2v) is 5.14. The Labute approximate surface area is 113 Å². The van der Waals surface area contributed by atoms with Gasteiger partial charge in [-0.3, -0.25) is 4.79 Å². The van der Waals surface area contributed by atoms with Crippen molar-refractivity contribution in [3.63, 3.8) is 0 Å². The highest BCUT2D eigenvalue weighted by Gasteiger charge is 2.33. The van der Waals surface area contributed by atoms with Crippen molar-refractivity contribution in [1.82, 2.24) is 5.32 Å². The summed E-state index contributed by atoms with van der Waals surface area (Å²) in [6.07, 6.45) is 5.02. The van der Waals surface area contributed by atoms with E-state index in [1.807, 2.05) is 19.9 Å². The Kier molecular flexibility index (Phi) is 4.35. The Morgan fingerprint density at radius 2 is 2.05 bits per heavy atom. The Bertz CT molecular complexity index is 474. The molecule has 1 aliphatic rings. The van der Waals surface area contributed by atoms with Gasteiger partial charge in [0.05, 0.1) is 6.04 Å². The summed E-state index contributed by atoms with van der Waals surface area (Å²) in [6.45, 7) is 3.84. The molecule has 102 valence electrons. The summed E-state index contributed by atoms with van der Waals surface area (Å²) in [5.41, 5.74) is 1.73. The van der Waals surface area contributed by atoms with Crippen LogP contribution < -0.4 is 5.32 Å². The number of carbonyl (C=O) groups excluding carboxylic acids is 1. The molecule has 2 rings (SSSR count). The molecule has 0 aliphatic heterocycles. The predicted molar refractivity (Wildman–Crippen MR) is 74.1 cm³/mol. The van der Waals surface area contributed by atoms with Gasteiger partial charge in [0.25, 0.3) is 0 Å². The zero-order valence-corrected chi connectivity index (χ0v) is 11.4. The molecular formula is C16H20FNO. The number of benzene rings is 1. The number of hydrogen-bond donors (Lipinski definition) is 1. The first-order valence-electron chi connectivity index (χ1n) is 6.85. The molecule has 1 aliphatic carbocycles. The van der Waals surface area contributed by atoms with E-state index >= 15 is 0 Å². The topological polar surface area (TPSA) is 29.1 Å². The van der Waals surface area contributed by atoms with Gasteiger partial charge in [0.1, 0.15) is 5.82 Å². The van der Waals surface area contributed by atoms with Gasteiger partial charge in [0.15, 0.2) is 0 Å². The molecule has 1 N–H and O–H groups in total. The van der Waals surface area contributed by atoms with E-state index in [-0.39, 0.29) is 17.8 Å². The van der Waals surface area contributed by atoms with E-state index < -0.39 is 0 Å². The molecule has 1 unspecified atom stereocenters. The summed E-state index contributed by atoms with van der Waals surface area (Å²) in [6, 6.07) is 6.43. The third kappa shape index (κ3) is 3.66. The van der Waals surface area contributed by atoms with Crippen molar-refractivity contribution >= 4 is 5.91 Å². The standard InChI is InChI=1S/C16H20FNO/c1-3-4-11(2)16(19)18-15(12-5-6-12)13-7-9-14(17)10-8-13/h4,7-10,12,15H,3,5-6H2,1-2H3,(H,18,19)/b11-4-. The highest BCUT2D eigenvalue weighted by molar-refractivity contribution is 5.93. The van der Waals surface area contributed by atoms with Crippen LogP contribution in [-0.4, -0.2) is 5.91 Å². The fourth-order valence-corrected chi connectivity index (χ4v) is 2.23. The molecule has 1 amide bonds. The molecule has 1 aromatic carbocycles. The predicted octanol–water partition coefficient (Wildman–Crippen LogP) is 3.75. The van der Waals surface area contributed by atoms with E-state index in [1.54, 1.807) is 12.1 Å². The number of nitrogens with one attached hydrogen (secondary N) is 1. The molecule has 0 bridgehead atoms. The van der Waals surface area contributed by atoms with Crippen LogP contribution in [0.3, 0.4) is 0 Å². The molecule has 19 heavy (non-hydrogen) atoms. The number of carbonyl (C=O) groups is 1. The van der Waals surface area contributed by atoms with Gasteiger partial charge in [-0.05, 0) is 49.8 Å². The van der Waals surface area contributed by atoms with Crippen LogP contribution in [0.2, 0.25) is 0 Å². The van der Waals surface area contributed by atoms with Gasteiger partial charge >= 0.3 is 0 Å². The van der Waals surface area contributed by atoms with Crippen LogP contribution in [0.15, 0.2) is 35.9 Å². The quantitative estimate of drug-likeness (QED) is 0.804. The van der Waals surface area contributed by atoms with Gasteiger partial charge in [0, 0.05) is 5.57 Å². The van der Waals surface area contributed by atoms with Gasteiger partial charge in [-0.1, -0.05) is 25.1 Å². The number of hydrogen-bond acceptors (Lipinski definition) is 1. The fraction of sp³-hybridized carbons (Fsp3) is 0.438. The third-order valence-electron chi connectivity index (χ3n) is 3.48. The zero-order chi connectivity index (χ0) is 13.8. The van der Waals surface area contributed by atoms with Crippen molar-refractivity contribution in [1.29, 1.82) is 0 Å². The Morgan fingerprint density at radius 1 is 1.42 bits per heavy atom. The smallest absolute Gasteiger partial charge is 0.247 e. The summed E-state index contributed by atoms with van der Waals surface area (Å²) < 4.78 is 13.0. The van der Waals surface area contributed by atoms with E-state index in [0.29, 0.717) is 5.92 Å². The minimum atomic E-state index is -0.244. The third-order valence-corrected chi connectivity index (χ3v) is 3.48. The van der Waals surface area contributed by atoms with Crippen molar-refractivity contribution in [2.45, 2.75) is 39.2 Å². The van der Waals surface area contributed by atoms with Gasteiger partial charge < -0.3 is 5.32 Å². The second-order valence-electron chi connectivity index (χ2n) is 5.14. The lowest BCUT2D eigenvalue weighted by molar-refractivity contribution is -0.118. The maximum Gasteiger partial charge on any atom is 0.247 e. The van der Waals surface area contributed by atoms with Crippen molar-refractivity contribution in [3.05, 3.63) is 47.3 Å². The lowest BCUT2D eigenvalue weighted by atomic mass is 10.0. The highest BCUT2D eigenvalue weighted by atomic mass is 19.1. The molecule has 0 heterocycles. The molecule has 0 radical (unpaired) electrons. The Morgan fingerprint density at radius 3 is 2.58 bits per heavy atom. The summed E-state index contributed by atoms with van der Waals surface area (Å²) in [4.78, 5) is 12.1. The maximum atomic E-state index is 13.0. The van der Waals surface area contributed by atoms with Crippen LogP contribution in [0.4, 0.5) is 4.39 Å². The molecule has 2 nitrogen and oxygen atoms in total. The van der Waals surface area contributed by atoms with Crippen molar-refractivity contribution in [2.75, 3.05) is 0 Å². The molecular weight excluding hydrogens is 241 g/mol. The van der Waals surface area contributed by atoms with Gasteiger partial charge in [-0.15, -0.1) is 0 Å². The summed E-state index contributed by atoms with van der Waals surface area (Å²) in [7, 11) is 0. The van der Waals surface area contributed by atoms with E-state index in [0.717, 1.165) is 30.4 Å². The average molecular weight is 261 g/mol. The Hall–Kier alpha value is -1.64. The monoisotopic (exact) mass is 261 g/mol. The summed E-state index contributed by atoms with van der Waals surface area (Å²) >= 11 is 0. The SMILES string of the molecule is CC/C=C(/C)C(=O)NC(c1ccc(F)cc1)C1CC1. The number of allylic oxidation sites excluding steroid dienone is 1. The van der Waals surface area contributed by atoms with E-state index in [2.05, 4.69) is 5.32 Å². The number of halogens is 1. The van der Waals surface area contributed by atoms with Crippen molar-refractivity contribution < 1.29 is 9.18 Å². The molecule has 0 spiro atoms. The maximum absolute atomic E-state index is 13.0. The van der Waals surface area contributed by atoms with Crippen LogP contribution in [-0.2, 0) is 4.79 Å². The van der Waals surface area contributed by atoms with Gasteiger partial charge in [-0.2, -0.15) is 0 Å². The van der Waals surface area contributed by atoms with E-state index in [1.165, 1.54) is 12.1 Å². The minimum absolute atomic E-state index is 0.00769. The summed E-state index contributed by atoms with van der Waals surface area (Å²) in [5.74, 6) is 0.221. The van der Waals surface area contributed by atoms with Crippen LogP contribution >= 0.6 is 0 Å². The lowest BCUT2D eigenvalue weighted by Gasteiger charge is -2.19. The van der Waals surface area contributed by atoms with Gasteiger partial charge in [-0.25, -0.2) is 4.39 Å². The number of amides is 1. The first kappa shape index (κ1) is 13.8. The van der Waals surface area contributed by atoms with E-state index in [9.17, 15) is 9.18 Å². The van der Waals surface area contributed by atoms with Crippen LogP contribution in [0.5, 0.6) is 0 Å². The van der Waals surface area contributed by atoms with Crippen molar-refractivity contribution in [2.24, 2.45) is 5.92 Å². The van der Waals surface area contributed by atoms with Crippen LogP contribution in [0, 0.1) is 11.7 Å². The van der Waals surface area contributed by atoms with E-state index in [4.69, 9.17) is 0 Å². The summed E-state index contributed by atoms with van der Waals surface area (Å²) in [5, 5.41) is 3.07. The fourth-order valence-electron chi connectivity index (χ4n) is 2.23. The number of rotatable bonds is 5. The zero-order valence-electron chi connectivity index (χ0n) is 11.4.